The van der Waals surface area contributed by atoms with Gasteiger partial charge in [0.05, 0.1) is 6.61 Å². The van der Waals surface area contributed by atoms with Crippen LogP contribution in [0, 0.1) is 0 Å². The quantitative estimate of drug-likeness (QED) is 0.557. The largest absolute Gasteiger partial charge is 0.409 e. The van der Waals surface area contributed by atoms with Crippen LogP contribution in [0.3, 0.4) is 0 Å². The number of halogens is 3. The lowest BCUT2D eigenvalue weighted by Gasteiger charge is -2.18. The number of allylic oxidation sites excluding steroid dienone is 1. The Hall–Kier alpha value is -1.95. The van der Waals surface area contributed by atoms with Gasteiger partial charge in [0.2, 0.25) is 0 Å². The predicted molar refractivity (Wildman–Crippen MR) is 71.0 cm³/mol. The van der Waals surface area contributed by atoms with E-state index in [9.17, 15) is 28.2 Å². The van der Waals surface area contributed by atoms with Crippen LogP contribution in [0.1, 0.15) is 11.8 Å². The van der Waals surface area contributed by atoms with Gasteiger partial charge in [0.25, 0.3) is 0 Å². The standard InChI is InChI=1S/C12H14F3N3O5/c13-12(14,15)2-1-5-3-18(11(22)17-9(5)16)10-8(21)7(20)6(4-19)23-10/h1-3,6-8,10,19-21H,4H2,(H2,16,17,22)/b2-1+/t6-,7-,8-,10-/m1/s1. The van der Waals surface area contributed by atoms with Gasteiger partial charge in [0.15, 0.2) is 6.23 Å². The van der Waals surface area contributed by atoms with E-state index in [2.05, 4.69) is 4.98 Å². The molecule has 1 saturated heterocycles. The molecule has 0 aliphatic carbocycles. The molecular weight excluding hydrogens is 323 g/mol. The summed E-state index contributed by atoms with van der Waals surface area (Å²) in [5, 5.41) is 28.5. The zero-order chi connectivity index (χ0) is 17.4. The van der Waals surface area contributed by atoms with Gasteiger partial charge < -0.3 is 25.8 Å². The number of nitrogens with two attached hydrogens (primary N) is 1. The summed E-state index contributed by atoms with van der Waals surface area (Å²) >= 11 is 0. The number of rotatable bonds is 3. The fourth-order valence-electron chi connectivity index (χ4n) is 2.10. The van der Waals surface area contributed by atoms with Crippen molar-refractivity contribution in [3.8, 4) is 0 Å². The average molecular weight is 337 g/mol. The van der Waals surface area contributed by atoms with E-state index >= 15 is 0 Å². The minimum absolute atomic E-state index is 0.0908. The second-order valence-corrected chi connectivity index (χ2v) is 4.88. The van der Waals surface area contributed by atoms with E-state index in [1.165, 1.54) is 0 Å². The van der Waals surface area contributed by atoms with Crippen molar-refractivity contribution in [2.75, 3.05) is 12.3 Å². The number of aliphatic hydroxyl groups is 3. The predicted octanol–water partition coefficient (Wildman–Crippen LogP) is -0.987. The van der Waals surface area contributed by atoms with Gasteiger partial charge in [-0.25, -0.2) is 4.79 Å². The monoisotopic (exact) mass is 337 g/mol. The first-order valence-electron chi connectivity index (χ1n) is 6.41. The first kappa shape index (κ1) is 17.4. The maximum atomic E-state index is 12.2. The minimum Gasteiger partial charge on any atom is -0.394 e. The first-order valence-corrected chi connectivity index (χ1v) is 6.41. The van der Waals surface area contributed by atoms with Crippen molar-refractivity contribution in [1.29, 1.82) is 0 Å². The maximum absolute atomic E-state index is 12.2. The Morgan fingerprint density at radius 2 is 2.04 bits per heavy atom. The zero-order valence-corrected chi connectivity index (χ0v) is 11.5. The Morgan fingerprint density at radius 3 is 2.57 bits per heavy atom. The first-order chi connectivity index (χ1) is 10.6. The molecule has 0 amide bonds. The number of hydrogen-bond donors (Lipinski definition) is 4. The van der Waals surface area contributed by atoms with E-state index in [-0.39, 0.29) is 11.6 Å². The third kappa shape index (κ3) is 3.69. The third-order valence-corrected chi connectivity index (χ3v) is 3.25. The molecule has 1 aromatic heterocycles. The Kier molecular flexibility index (Phi) is 4.75. The minimum atomic E-state index is -4.59. The maximum Gasteiger partial charge on any atom is 0.409 e. The molecular formula is C12H14F3N3O5. The average Bonchev–Trinajstić information content (AvgIpc) is 2.73. The summed E-state index contributed by atoms with van der Waals surface area (Å²) in [5.41, 5.74) is 4.19. The summed E-state index contributed by atoms with van der Waals surface area (Å²) in [5.74, 6) is -0.432. The summed E-state index contributed by atoms with van der Waals surface area (Å²) < 4.78 is 42.5. The molecule has 8 nitrogen and oxygen atoms in total. The SMILES string of the molecule is Nc1nc(=O)n([C@@H]2O[C@H](CO)[C@@H](O)[C@H]2O)cc1/C=C/C(F)(F)F. The zero-order valence-electron chi connectivity index (χ0n) is 11.5. The molecule has 0 aromatic carbocycles. The highest BCUT2D eigenvalue weighted by atomic mass is 19.4. The molecule has 5 N–H and O–H groups in total. The van der Waals surface area contributed by atoms with E-state index in [0.29, 0.717) is 10.6 Å². The molecule has 0 radical (unpaired) electrons. The molecule has 4 atom stereocenters. The van der Waals surface area contributed by atoms with Gasteiger partial charge in [-0.2, -0.15) is 18.2 Å². The highest BCUT2D eigenvalue weighted by molar-refractivity contribution is 5.60. The molecule has 2 rings (SSSR count). The molecule has 2 heterocycles. The van der Waals surface area contributed by atoms with Gasteiger partial charge in [-0.15, -0.1) is 0 Å². The van der Waals surface area contributed by atoms with E-state index in [1.54, 1.807) is 0 Å². The lowest BCUT2D eigenvalue weighted by Crippen LogP contribution is -2.36. The van der Waals surface area contributed by atoms with Crippen LogP contribution in [-0.2, 0) is 4.74 Å². The molecule has 128 valence electrons. The number of alkyl halides is 3. The van der Waals surface area contributed by atoms with E-state index < -0.39 is 48.8 Å². The molecule has 23 heavy (non-hydrogen) atoms. The summed E-state index contributed by atoms with van der Waals surface area (Å²) in [6, 6.07) is 0. The Balaban J connectivity index is 2.40. The van der Waals surface area contributed by atoms with Crippen LogP contribution >= 0.6 is 0 Å². The van der Waals surface area contributed by atoms with Gasteiger partial charge in [-0.1, -0.05) is 0 Å². The number of aromatic nitrogens is 2. The van der Waals surface area contributed by atoms with E-state index in [4.69, 9.17) is 15.6 Å². The molecule has 11 heteroatoms. The second kappa shape index (κ2) is 6.28. The number of hydrogen-bond acceptors (Lipinski definition) is 7. The van der Waals surface area contributed by atoms with Gasteiger partial charge in [0.1, 0.15) is 24.1 Å². The molecule has 1 fully saturated rings. The lowest BCUT2D eigenvalue weighted by atomic mass is 10.1. The highest BCUT2D eigenvalue weighted by Crippen LogP contribution is 2.29. The van der Waals surface area contributed by atoms with Crippen molar-refractivity contribution in [1.82, 2.24) is 9.55 Å². The van der Waals surface area contributed by atoms with Crippen molar-refractivity contribution in [3.05, 3.63) is 28.3 Å². The number of nitrogens with zero attached hydrogens (tertiary/aromatic N) is 2. The summed E-state index contributed by atoms with van der Waals surface area (Å²) in [4.78, 5) is 15.2. The molecule has 1 aliphatic heterocycles. The molecule has 1 aromatic rings. The van der Waals surface area contributed by atoms with Crippen LogP contribution in [0.5, 0.6) is 0 Å². The fourth-order valence-corrected chi connectivity index (χ4v) is 2.10. The smallest absolute Gasteiger partial charge is 0.394 e. The van der Waals surface area contributed by atoms with E-state index in [1.807, 2.05) is 0 Å². The van der Waals surface area contributed by atoms with Crippen LogP contribution in [0.15, 0.2) is 17.1 Å². The molecule has 1 aliphatic rings. The van der Waals surface area contributed by atoms with Crippen molar-refractivity contribution in [2.45, 2.75) is 30.7 Å². The Morgan fingerprint density at radius 1 is 1.39 bits per heavy atom. The van der Waals surface area contributed by atoms with Crippen LogP contribution in [0.2, 0.25) is 0 Å². The van der Waals surface area contributed by atoms with Gasteiger partial charge in [0, 0.05) is 17.8 Å². The van der Waals surface area contributed by atoms with Crippen LogP contribution in [-0.4, -0.2) is 56.0 Å². The third-order valence-electron chi connectivity index (χ3n) is 3.25. The molecule has 0 saturated carbocycles. The molecule has 0 unspecified atom stereocenters. The number of ether oxygens (including phenoxy) is 1. The lowest BCUT2D eigenvalue weighted by molar-refractivity contribution is -0.0790. The number of nitrogen functional groups attached to an aromatic ring is 1. The second-order valence-electron chi connectivity index (χ2n) is 4.88. The van der Waals surface area contributed by atoms with Crippen molar-refractivity contribution in [2.24, 2.45) is 0 Å². The fraction of sp³-hybridized carbons (Fsp3) is 0.500. The van der Waals surface area contributed by atoms with Gasteiger partial charge in [-0.3, -0.25) is 4.57 Å². The van der Waals surface area contributed by atoms with Gasteiger partial charge >= 0.3 is 11.9 Å². The van der Waals surface area contributed by atoms with Gasteiger partial charge in [-0.05, 0) is 6.08 Å². The Labute approximate surface area is 127 Å². The summed E-state index contributed by atoms with van der Waals surface area (Å²) in [7, 11) is 0. The van der Waals surface area contributed by atoms with E-state index in [0.717, 1.165) is 6.20 Å². The molecule has 0 spiro atoms. The summed E-state index contributed by atoms with van der Waals surface area (Å²) in [6.07, 6.45) is -8.75. The van der Waals surface area contributed by atoms with Crippen molar-refractivity contribution in [3.63, 3.8) is 0 Å². The Bertz CT molecular complexity index is 660. The summed E-state index contributed by atoms with van der Waals surface area (Å²) in [6.45, 7) is -0.618. The van der Waals surface area contributed by atoms with Crippen LogP contribution in [0.25, 0.3) is 6.08 Å². The molecule has 0 bridgehead atoms. The van der Waals surface area contributed by atoms with Crippen LogP contribution < -0.4 is 11.4 Å². The van der Waals surface area contributed by atoms with Crippen molar-refractivity contribution < 1.29 is 33.2 Å². The number of aliphatic hydroxyl groups excluding tert-OH is 3. The topological polar surface area (TPSA) is 131 Å². The highest BCUT2D eigenvalue weighted by Gasteiger charge is 2.43. The number of anilines is 1. The normalized spacial score (nSPS) is 28.6. The van der Waals surface area contributed by atoms with Crippen LogP contribution in [0.4, 0.5) is 19.0 Å². The van der Waals surface area contributed by atoms with Crippen molar-refractivity contribution >= 4 is 11.9 Å².